The van der Waals surface area contributed by atoms with Gasteiger partial charge in [0, 0.05) is 18.2 Å². The molecular formula is C19H25IN4O. The van der Waals surface area contributed by atoms with E-state index in [-0.39, 0.29) is 24.0 Å². The number of hydrogen-bond donors (Lipinski definition) is 2. The maximum absolute atomic E-state index is 5.82. The third-order valence-electron chi connectivity index (χ3n) is 3.96. The van der Waals surface area contributed by atoms with E-state index in [1.807, 2.05) is 12.1 Å². The molecule has 0 spiro atoms. The summed E-state index contributed by atoms with van der Waals surface area (Å²) in [7, 11) is 0. The van der Waals surface area contributed by atoms with Crippen LogP contribution in [0.3, 0.4) is 0 Å². The predicted molar refractivity (Wildman–Crippen MR) is 112 cm³/mol. The fourth-order valence-electron chi connectivity index (χ4n) is 2.63. The fraction of sp³-hybridized carbons (Fsp3) is 0.368. The first-order valence-electron chi connectivity index (χ1n) is 8.46. The number of nitrogens with zero attached hydrogens (tertiary/aromatic N) is 2. The van der Waals surface area contributed by atoms with Gasteiger partial charge in [0.05, 0.1) is 6.20 Å². The van der Waals surface area contributed by atoms with Crippen molar-refractivity contribution in [3.63, 3.8) is 0 Å². The average Bonchev–Trinajstić information content (AvgIpc) is 3.25. The Morgan fingerprint density at radius 1 is 1.24 bits per heavy atom. The first-order valence-corrected chi connectivity index (χ1v) is 8.46. The third-order valence-corrected chi connectivity index (χ3v) is 3.96. The van der Waals surface area contributed by atoms with Crippen LogP contribution in [0.2, 0.25) is 0 Å². The fourth-order valence-corrected chi connectivity index (χ4v) is 2.63. The molecule has 5 nitrogen and oxygen atoms in total. The monoisotopic (exact) mass is 452 g/mol. The Hall–Kier alpha value is -1.83. The van der Waals surface area contributed by atoms with E-state index in [4.69, 9.17) is 4.42 Å². The van der Waals surface area contributed by atoms with Crippen molar-refractivity contribution in [3.05, 3.63) is 54.1 Å². The summed E-state index contributed by atoms with van der Waals surface area (Å²) in [5.74, 6) is 2.20. The molecule has 0 unspecified atom stereocenters. The van der Waals surface area contributed by atoms with Gasteiger partial charge in [0.2, 0.25) is 5.89 Å². The molecule has 0 amide bonds. The van der Waals surface area contributed by atoms with Crippen molar-refractivity contribution in [2.45, 2.75) is 39.3 Å². The van der Waals surface area contributed by atoms with Gasteiger partial charge in [-0.25, -0.2) is 9.98 Å². The van der Waals surface area contributed by atoms with E-state index < -0.39 is 0 Å². The number of benzene rings is 1. The standard InChI is InChI=1S/C19H24N4O.HI/c1-3-20-19(23-16-6-4-5-7-16)22-13-18-21-12-17(24-18)15-10-8-14(2)9-11-15;/h4-5,8-12,16H,3,6-7,13H2,1-2H3,(H2,20,22,23);1H. The maximum atomic E-state index is 5.82. The van der Waals surface area contributed by atoms with E-state index >= 15 is 0 Å². The van der Waals surface area contributed by atoms with Crippen LogP contribution in [0.4, 0.5) is 0 Å². The van der Waals surface area contributed by atoms with Crippen LogP contribution in [-0.4, -0.2) is 23.5 Å². The number of guanidine groups is 1. The molecule has 3 rings (SSSR count). The van der Waals surface area contributed by atoms with Gasteiger partial charge in [-0.2, -0.15) is 0 Å². The lowest BCUT2D eigenvalue weighted by Crippen LogP contribution is -2.42. The van der Waals surface area contributed by atoms with E-state index in [1.165, 1.54) is 5.56 Å². The van der Waals surface area contributed by atoms with Gasteiger partial charge in [0.1, 0.15) is 6.54 Å². The summed E-state index contributed by atoms with van der Waals surface area (Å²) in [4.78, 5) is 8.92. The zero-order valence-corrected chi connectivity index (χ0v) is 17.0. The molecule has 0 aliphatic heterocycles. The number of aliphatic imine (C=N–C) groups is 1. The summed E-state index contributed by atoms with van der Waals surface area (Å²) in [6, 6.07) is 8.65. The number of rotatable bonds is 5. The Bertz CT molecular complexity index is 713. The van der Waals surface area contributed by atoms with Crippen molar-refractivity contribution in [2.75, 3.05) is 6.54 Å². The topological polar surface area (TPSA) is 62.5 Å². The number of aryl methyl sites for hydroxylation is 1. The number of halogens is 1. The van der Waals surface area contributed by atoms with E-state index in [1.54, 1.807) is 6.20 Å². The first kappa shape index (κ1) is 19.5. The second kappa shape index (κ2) is 9.60. The van der Waals surface area contributed by atoms with Crippen molar-refractivity contribution >= 4 is 29.9 Å². The van der Waals surface area contributed by atoms with Gasteiger partial charge in [-0.3, -0.25) is 0 Å². The SMILES string of the molecule is CCNC(=NCc1ncc(-c2ccc(C)cc2)o1)NC1CC=CC1.I. The predicted octanol–water partition coefficient (Wildman–Crippen LogP) is 4.04. The van der Waals surface area contributed by atoms with E-state index in [0.717, 1.165) is 36.7 Å². The van der Waals surface area contributed by atoms with Crippen molar-refractivity contribution in [3.8, 4) is 11.3 Å². The molecule has 2 N–H and O–H groups in total. The summed E-state index contributed by atoms with van der Waals surface area (Å²) in [5, 5.41) is 6.70. The second-order valence-corrected chi connectivity index (χ2v) is 5.96. The molecule has 1 aromatic carbocycles. The summed E-state index contributed by atoms with van der Waals surface area (Å²) in [6.45, 7) is 5.37. The lowest BCUT2D eigenvalue weighted by Gasteiger charge is -2.16. The zero-order valence-electron chi connectivity index (χ0n) is 14.7. The van der Waals surface area contributed by atoms with Crippen molar-refractivity contribution in [1.29, 1.82) is 0 Å². The molecule has 2 aromatic rings. The van der Waals surface area contributed by atoms with Crippen LogP contribution in [0, 0.1) is 6.92 Å². The molecule has 0 bridgehead atoms. The van der Waals surface area contributed by atoms with E-state index in [0.29, 0.717) is 18.5 Å². The highest BCUT2D eigenvalue weighted by molar-refractivity contribution is 14.0. The Morgan fingerprint density at radius 3 is 2.64 bits per heavy atom. The van der Waals surface area contributed by atoms with Crippen LogP contribution < -0.4 is 10.6 Å². The van der Waals surface area contributed by atoms with Gasteiger partial charge in [-0.15, -0.1) is 24.0 Å². The molecule has 134 valence electrons. The van der Waals surface area contributed by atoms with Crippen LogP contribution in [0.25, 0.3) is 11.3 Å². The van der Waals surface area contributed by atoms with Gasteiger partial charge in [0.15, 0.2) is 11.7 Å². The molecule has 1 aromatic heterocycles. The molecule has 0 fully saturated rings. The normalized spacial score (nSPS) is 14.4. The molecular weight excluding hydrogens is 427 g/mol. The molecule has 0 radical (unpaired) electrons. The largest absolute Gasteiger partial charge is 0.439 e. The summed E-state index contributed by atoms with van der Waals surface area (Å²) < 4.78 is 5.82. The van der Waals surface area contributed by atoms with Crippen LogP contribution in [0.5, 0.6) is 0 Å². The van der Waals surface area contributed by atoms with Crippen molar-refractivity contribution < 1.29 is 4.42 Å². The Balaban J connectivity index is 0.00000225. The lowest BCUT2D eigenvalue weighted by atomic mass is 10.1. The third kappa shape index (κ3) is 5.59. The van der Waals surface area contributed by atoms with Gasteiger partial charge in [-0.05, 0) is 26.7 Å². The van der Waals surface area contributed by atoms with Gasteiger partial charge < -0.3 is 15.1 Å². The minimum atomic E-state index is 0. The number of oxazole rings is 1. The number of aromatic nitrogens is 1. The molecule has 1 aliphatic carbocycles. The van der Waals surface area contributed by atoms with Gasteiger partial charge in [-0.1, -0.05) is 42.0 Å². The molecule has 0 saturated carbocycles. The minimum absolute atomic E-state index is 0. The number of nitrogens with one attached hydrogen (secondary N) is 2. The van der Waals surface area contributed by atoms with E-state index in [9.17, 15) is 0 Å². The van der Waals surface area contributed by atoms with Crippen LogP contribution >= 0.6 is 24.0 Å². The zero-order chi connectivity index (χ0) is 16.8. The van der Waals surface area contributed by atoms with Crippen LogP contribution in [0.1, 0.15) is 31.2 Å². The Morgan fingerprint density at radius 2 is 1.96 bits per heavy atom. The molecule has 1 aliphatic rings. The van der Waals surface area contributed by atoms with Crippen LogP contribution in [0.15, 0.2) is 52.0 Å². The van der Waals surface area contributed by atoms with E-state index in [2.05, 4.69) is 58.7 Å². The number of hydrogen-bond acceptors (Lipinski definition) is 3. The molecule has 6 heteroatoms. The van der Waals surface area contributed by atoms with Gasteiger partial charge in [0.25, 0.3) is 0 Å². The van der Waals surface area contributed by atoms with Crippen molar-refractivity contribution in [2.24, 2.45) is 4.99 Å². The smallest absolute Gasteiger partial charge is 0.216 e. The van der Waals surface area contributed by atoms with Crippen molar-refractivity contribution in [1.82, 2.24) is 15.6 Å². The molecule has 1 heterocycles. The summed E-state index contributed by atoms with van der Waals surface area (Å²) in [5.41, 5.74) is 2.26. The first-order chi connectivity index (χ1) is 11.7. The summed E-state index contributed by atoms with van der Waals surface area (Å²) >= 11 is 0. The molecule has 0 atom stereocenters. The Kier molecular flexibility index (Phi) is 7.49. The average molecular weight is 452 g/mol. The second-order valence-electron chi connectivity index (χ2n) is 5.96. The lowest BCUT2D eigenvalue weighted by molar-refractivity contribution is 0.508. The minimum Gasteiger partial charge on any atom is -0.439 e. The maximum Gasteiger partial charge on any atom is 0.216 e. The van der Waals surface area contributed by atoms with Gasteiger partial charge >= 0.3 is 0 Å². The highest BCUT2D eigenvalue weighted by atomic mass is 127. The Labute approximate surface area is 166 Å². The highest BCUT2D eigenvalue weighted by Gasteiger charge is 2.12. The molecule has 0 saturated heterocycles. The highest BCUT2D eigenvalue weighted by Crippen LogP contribution is 2.21. The quantitative estimate of drug-likeness (QED) is 0.311. The molecule has 25 heavy (non-hydrogen) atoms. The summed E-state index contributed by atoms with van der Waals surface area (Å²) in [6.07, 6.45) is 8.24. The van der Waals surface area contributed by atoms with Crippen LogP contribution in [-0.2, 0) is 6.54 Å².